The van der Waals surface area contributed by atoms with Crippen LogP contribution in [0.2, 0.25) is 5.02 Å². The average Bonchev–Trinajstić information content (AvgIpc) is 3.25. The summed E-state index contributed by atoms with van der Waals surface area (Å²) in [5.41, 5.74) is 0.181. The quantitative estimate of drug-likeness (QED) is 0.752. The monoisotopic (exact) mass is 380 g/mol. The lowest BCUT2D eigenvalue weighted by molar-refractivity contribution is -0.116. The zero-order valence-electron chi connectivity index (χ0n) is 13.7. The Balaban J connectivity index is 1.64. The Morgan fingerprint density at radius 3 is 3.00 bits per heavy atom. The van der Waals surface area contributed by atoms with E-state index in [4.69, 9.17) is 26.2 Å². The fraction of sp³-hybridized carbons (Fsp3) is 0.375. The molecule has 0 spiro atoms. The van der Waals surface area contributed by atoms with E-state index in [2.05, 4.69) is 15.6 Å². The number of amides is 1. The van der Waals surface area contributed by atoms with Crippen LogP contribution in [-0.4, -0.2) is 51.3 Å². The van der Waals surface area contributed by atoms with Crippen molar-refractivity contribution in [2.24, 2.45) is 0 Å². The van der Waals surface area contributed by atoms with Gasteiger partial charge in [0.1, 0.15) is 18.9 Å². The molecule has 1 saturated heterocycles. The largest absolute Gasteiger partial charge is 0.489 e. The molecule has 2 aromatic rings. The molecule has 2 heterocycles. The zero-order valence-corrected chi connectivity index (χ0v) is 14.5. The molecule has 1 fully saturated rings. The normalized spacial score (nSPS) is 16.4. The first-order valence-electron chi connectivity index (χ1n) is 7.98. The summed E-state index contributed by atoms with van der Waals surface area (Å²) in [4.78, 5) is 23.0. The van der Waals surface area contributed by atoms with Crippen LogP contribution in [0.25, 0.3) is 0 Å². The van der Waals surface area contributed by atoms with Crippen molar-refractivity contribution in [1.29, 1.82) is 0 Å². The topological polar surface area (TPSA) is 116 Å². The molecule has 26 heavy (non-hydrogen) atoms. The summed E-state index contributed by atoms with van der Waals surface area (Å²) in [5.74, 6) is -1.16. The minimum atomic E-state index is -1.21. The van der Waals surface area contributed by atoms with Crippen molar-refractivity contribution >= 4 is 29.2 Å². The number of aromatic carboxylic acids is 1. The maximum absolute atomic E-state index is 12.2. The third kappa shape index (κ3) is 4.70. The predicted octanol–water partition coefficient (Wildman–Crippen LogP) is 1.83. The molecule has 1 aliphatic rings. The number of benzene rings is 1. The summed E-state index contributed by atoms with van der Waals surface area (Å²) in [6.45, 7) is 0.919. The molecule has 3 rings (SSSR count). The van der Waals surface area contributed by atoms with Crippen molar-refractivity contribution in [3.8, 4) is 5.75 Å². The Labute approximate surface area is 153 Å². The number of nitrogens with zero attached hydrogens (tertiary/aromatic N) is 3. The van der Waals surface area contributed by atoms with Crippen LogP contribution in [0.4, 0.5) is 5.69 Å². The van der Waals surface area contributed by atoms with Crippen LogP contribution in [-0.2, 0) is 16.1 Å². The Morgan fingerprint density at radius 1 is 1.46 bits per heavy atom. The van der Waals surface area contributed by atoms with Crippen molar-refractivity contribution < 1.29 is 24.2 Å². The average molecular weight is 381 g/mol. The molecule has 0 radical (unpaired) electrons. The number of rotatable bonds is 7. The maximum atomic E-state index is 12.2. The molecule has 10 heteroatoms. The van der Waals surface area contributed by atoms with Gasteiger partial charge in [-0.2, -0.15) is 0 Å². The van der Waals surface area contributed by atoms with Crippen LogP contribution in [0.5, 0.6) is 5.75 Å². The van der Waals surface area contributed by atoms with Gasteiger partial charge in [0.25, 0.3) is 0 Å². The molecule has 0 bridgehead atoms. The van der Waals surface area contributed by atoms with Crippen LogP contribution in [0.3, 0.4) is 0 Å². The van der Waals surface area contributed by atoms with Gasteiger partial charge >= 0.3 is 5.97 Å². The van der Waals surface area contributed by atoms with Crippen LogP contribution >= 0.6 is 11.6 Å². The van der Waals surface area contributed by atoms with Gasteiger partial charge in [0, 0.05) is 11.6 Å². The summed E-state index contributed by atoms with van der Waals surface area (Å²) in [7, 11) is 0. The van der Waals surface area contributed by atoms with Crippen LogP contribution in [0.1, 0.15) is 23.3 Å². The molecule has 1 amide bonds. The number of nitrogens with one attached hydrogen (secondary N) is 1. The van der Waals surface area contributed by atoms with E-state index in [0.717, 1.165) is 24.1 Å². The molecule has 1 aliphatic heterocycles. The molecule has 0 aliphatic carbocycles. The Bertz CT molecular complexity index is 804. The van der Waals surface area contributed by atoms with Crippen molar-refractivity contribution in [2.45, 2.75) is 25.5 Å². The highest BCUT2D eigenvalue weighted by Crippen LogP contribution is 2.29. The summed E-state index contributed by atoms with van der Waals surface area (Å²) in [6.07, 6.45) is 3.16. The number of hydrogen-bond donors (Lipinski definition) is 2. The lowest BCUT2D eigenvalue weighted by Crippen LogP contribution is -2.21. The number of aromatic nitrogens is 3. The lowest BCUT2D eigenvalue weighted by atomic mass is 10.2. The van der Waals surface area contributed by atoms with E-state index in [0.29, 0.717) is 23.1 Å². The molecule has 0 saturated carbocycles. The van der Waals surface area contributed by atoms with Crippen molar-refractivity contribution in [2.75, 3.05) is 18.5 Å². The number of hydrogen-bond acceptors (Lipinski definition) is 6. The van der Waals surface area contributed by atoms with Gasteiger partial charge in [0.05, 0.1) is 18.0 Å². The van der Waals surface area contributed by atoms with Gasteiger partial charge in [-0.3, -0.25) is 4.79 Å². The van der Waals surface area contributed by atoms with Crippen LogP contribution in [0, 0.1) is 0 Å². The van der Waals surface area contributed by atoms with Gasteiger partial charge in [-0.05, 0) is 31.0 Å². The molecule has 1 unspecified atom stereocenters. The Kier molecular flexibility index (Phi) is 5.69. The summed E-state index contributed by atoms with van der Waals surface area (Å²) >= 11 is 6.00. The SMILES string of the molecule is O=C(Cn1cc(C(=O)O)nn1)Nc1cc(Cl)ccc1OCC1CCCO1. The highest BCUT2D eigenvalue weighted by molar-refractivity contribution is 6.31. The van der Waals surface area contributed by atoms with Crippen LogP contribution < -0.4 is 10.1 Å². The minimum Gasteiger partial charge on any atom is -0.489 e. The maximum Gasteiger partial charge on any atom is 0.358 e. The fourth-order valence-corrected chi connectivity index (χ4v) is 2.67. The molecule has 2 N–H and O–H groups in total. The highest BCUT2D eigenvalue weighted by Gasteiger charge is 2.18. The summed E-state index contributed by atoms with van der Waals surface area (Å²) < 4.78 is 12.4. The van der Waals surface area contributed by atoms with Crippen molar-refractivity contribution in [3.05, 3.63) is 35.1 Å². The van der Waals surface area contributed by atoms with Gasteiger partial charge in [-0.25, -0.2) is 9.48 Å². The number of halogens is 1. The molecular weight excluding hydrogens is 364 g/mol. The van der Waals surface area contributed by atoms with E-state index in [-0.39, 0.29) is 18.3 Å². The highest BCUT2D eigenvalue weighted by atomic mass is 35.5. The molecule has 138 valence electrons. The molecule has 1 atom stereocenters. The molecule has 1 aromatic heterocycles. The van der Waals surface area contributed by atoms with E-state index >= 15 is 0 Å². The van der Waals surface area contributed by atoms with Gasteiger partial charge in [-0.1, -0.05) is 16.8 Å². The molecular formula is C16H17ClN4O5. The second-order valence-electron chi connectivity index (χ2n) is 5.74. The second kappa shape index (κ2) is 8.15. The van der Waals surface area contributed by atoms with Gasteiger partial charge in [0.15, 0.2) is 5.69 Å². The second-order valence-corrected chi connectivity index (χ2v) is 6.18. The molecule has 1 aromatic carbocycles. The molecule has 9 nitrogen and oxygen atoms in total. The number of carboxylic acid groups (broad SMARTS) is 1. The smallest absolute Gasteiger partial charge is 0.358 e. The number of anilines is 1. The summed E-state index contributed by atoms with van der Waals surface area (Å²) in [5, 5.41) is 19.0. The van der Waals surface area contributed by atoms with Crippen molar-refractivity contribution in [3.63, 3.8) is 0 Å². The third-order valence-corrected chi connectivity index (χ3v) is 3.96. The first-order valence-corrected chi connectivity index (χ1v) is 8.36. The van der Waals surface area contributed by atoms with E-state index in [1.165, 1.54) is 6.20 Å². The number of carbonyl (C=O) groups excluding carboxylic acids is 1. The lowest BCUT2D eigenvalue weighted by Gasteiger charge is -2.15. The minimum absolute atomic E-state index is 0.0406. The van der Waals surface area contributed by atoms with E-state index in [1.54, 1.807) is 18.2 Å². The predicted molar refractivity (Wildman–Crippen MR) is 91.5 cm³/mol. The first-order chi connectivity index (χ1) is 12.5. The van der Waals surface area contributed by atoms with Gasteiger partial charge < -0.3 is 19.9 Å². The van der Waals surface area contributed by atoms with Gasteiger partial charge in [0.2, 0.25) is 5.91 Å². The first kappa shape index (κ1) is 18.2. The van der Waals surface area contributed by atoms with E-state index in [9.17, 15) is 9.59 Å². The Hall–Kier alpha value is -2.65. The Morgan fingerprint density at radius 2 is 2.31 bits per heavy atom. The number of carboxylic acids is 1. The zero-order chi connectivity index (χ0) is 18.5. The summed E-state index contributed by atoms with van der Waals surface area (Å²) in [6, 6.07) is 4.91. The van der Waals surface area contributed by atoms with E-state index in [1.807, 2.05) is 0 Å². The van der Waals surface area contributed by atoms with Gasteiger partial charge in [-0.15, -0.1) is 5.10 Å². The third-order valence-electron chi connectivity index (χ3n) is 3.73. The fourth-order valence-electron chi connectivity index (χ4n) is 2.49. The van der Waals surface area contributed by atoms with E-state index < -0.39 is 11.9 Å². The van der Waals surface area contributed by atoms with Crippen molar-refractivity contribution in [1.82, 2.24) is 15.0 Å². The number of ether oxygens (including phenoxy) is 2. The standard InChI is InChI=1S/C16H17ClN4O5/c17-10-3-4-14(26-9-11-2-1-5-25-11)12(6-10)18-15(22)8-21-7-13(16(23)24)19-20-21/h3-4,6-7,11H,1-2,5,8-9H2,(H,18,22)(H,23,24). The number of carbonyl (C=O) groups is 2. The van der Waals surface area contributed by atoms with Crippen LogP contribution in [0.15, 0.2) is 24.4 Å².